The Morgan fingerprint density at radius 3 is 2.38 bits per heavy atom. The van der Waals surface area contributed by atoms with E-state index in [1.807, 2.05) is 32.0 Å². The van der Waals surface area contributed by atoms with Gasteiger partial charge in [0.15, 0.2) is 0 Å². The summed E-state index contributed by atoms with van der Waals surface area (Å²) >= 11 is 0. The zero-order valence-corrected chi connectivity index (χ0v) is 13.8. The van der Waals surface area contributed by atoms with Gasteiger partial charge in [-0.1, -0.05) is 30.7 Å². The fraction of sp³-hybridized carbons (Fsp3) is 0.263. The first-order chi connectivity index (χ1) is 11.5. The fourth-order valence-electron chi connectivity index (χ4n) is 2.89. The van der Waals surface area contributed by atoms with E-state index in [1.54, 1.807) is 16.7 Å². The third kappa shape index (κ3) is 2.89. The number of aromatic nitrogens is 2. The maximum atomic E-state index is 13.1. The normalized spacial score (nSPS) is 11.1. The highest BCUT2D eigenvalue weighted by Crippen LogP contribution is 2.12. The van der Waals surface area contributed by atoms with E-state index < -0.39 is 0 Å². The van der Waals surface area contributed by atoms with Crippen molar-refractivity contribution in [3.63, 3.8) is 0 Å². The van der Waals surface area contributed by atoms with Gasteiger partial charge >= 0.3 is 5.69 Å². The lowest BCUT2D eigenvalue weighted by atomic mass is 10.1. The molecule has 0 saturated carbocycles. The number of hydrogen-bond donors (Lipinski definition) is 0. The first kappa shape index (κ1) is 16.2. The maximum Gasteiger partial charge on any atom is 0.331 e. The highest BCUT2D eigenvalue weighted by Gasteiger charge is 2.13. The predicted octanol–water partition coefficient (Wildman–Crippen LogP) is 3.07. The number of fused-ring (bicyclic) bond motifs is 1. The van der Waals surface area contributed by atoms with Crippen LogP contribution in [0.25, 0.3) is 10.9 Å². The van der Waals surface area contributed by atoms with Crippen LogP contribution in [0, 0.1) is 12.7 Å². The molecule has 24 heavy (non-hydrogen) atoms. The second-order valence-corrected chi connectivity index (χ2v) is 5.97. The van der Waals surface area contributed by atoms with Gasteiger partial charge in [0.25, 0.3) is 5.56 Å². The molecule has 124 valence electrons. The Morgan fingerprint density at radius 2 is 1.71 bits per heavy atom. The predicted molar refractivity (Wildman–Crippen MR) is 93.0 cm³/mol. The largest absolute Gasteiger partial charge is 0.331 e. The Balaban J connectivity index is 2.25. The molecule has 4 nitrogen and oxygen atoms in total. The molecular weight excluding hydrogens is 307 g/mol. The Kier molecular flexibility index (Phi) is 4.34. The minimum absolute atomic E-state index is 0.130. The molecule has 0 bridgehead atoms. The first-order valence-corrected chi connectivity index (χ1v) is 7.99. The molecule has 0 fully saturated rings. The van der Waals surface area contributed by atoms with Crippen LogP contribution in [0.2, 0.25) is 0 Å². The Hall–Kier alpha value is -2.69. The van der Waals surface area contributed by atoms with Gasteiger partial charge in [-0.05, 0) is 43.2 Å². The molecule has 3 rings (SSSR count). The SMILES string of the molecule is CCCn1c(=O)n(Cc2ccc(F)cc2)c(=O)c2cc(C)ccc21. The second kappa shape index (κ2) is 6.43. The van der Waals surface area contributed by atoms with Crippen LogP contribution in [-0.4, -0.2) is 9.13 Å². The Morgan fingerprint density at radius 1 is 1.00 bits per heavy atom. The summed E-state index contributed by atoms with van der Waals surface area (Å²) in [5.74, 6) is -0.344. The maximum absolute atomic E-state index is 13.1. The summed E-state index contributed by atoms with van der Waals surface area (Å²) in [5, 5.41) is 0.533. The molecule has 1 aromatic heterocycles. The molecule has 0 unspecified atom stereocenters. The summed E-state index contributed by atoms with van der Waals surface area (Å²) < 4.78 is 15.9. The smallest absolute Gasteiger partial charge is 0.293 e. The van der Waals surface area contributed by atoms with Crippen molar-refractivity contribution in [1.29, 1.82) is 0 Å². The summed E-state index contributed by atoms with van der Waals surface area (Å²) in [7, 11) is 0. The molecule has 0 radical (unpaired) electrons. The highest BCUT2D eigenvalue weighted by atomic mass is 19.1. The molecule has 3 aromatic rings. The average molecular weight is 326 g/mol. The zero-order chi connectivity index (χ0) is 17.3. The molecule has 0 aliphatic carbocycles. The van der Waals surface area contributed by atoms with E-state index >= 15 is 0 Å². The molecule has 0 amide bonds. The van der Waals surface area contributed by atoms with Crippen molar-refractivity contribution in [1.82, 2.24) is 9.13 Å². The number of rotatable bonds is 4. The van der Waals surface area contributed by atoms with Crippen molar-refractivity contribution in [2.45, 2.75) is 33.4 Å². The van der Waals surface area contributed by atoms with Gasteiger partial charge < -0.3 is 0 Å². The van der Waals surface area contributed by atoms with E-state index in [1.165, 1.54) is 16.7 Å². The van der Waals surface area contributed by atoms with Crippen LogP contribution >= 0.6 is 0 Å². The van der Waals surface area contributed by atoms with E-state index in [9.17, 15) is 14.0 Å². The molecule has 0 saturated heterocycles. The minimum Gasteiger partial charge on any atom is -0.293 e. The Bertz CT molecular complexity index is 1000. The van der Waals surface area contributed by atoms with E-state index in [-0.39, 0.29) is 23.6 Å². The lowest BCUT2D eigenvalue weighted by Gasteiger charge is -2.14. The highest BCUT2D eigenvalue weighted by molar-refractivity contribution is 5.78. The van der Waals surface area contributed by atoms with Crippen LogP contribution in [0.15, 0.2) is 52.1 Å². The average Bonchev–Trinajstić information content (AvgIpc) is 2.57. The van der Waals surface area contributed by atoms with E-state index in [0.29, 0.717) is 23.0 Å². The molecule has 5 heteroatoms. The fourth-order valence-corrected chi connectivity index (χ4v) is 2.89. The van der Waals surface area contributed by atoms with Crippen molar-refractivity contribution in [2.75, 3.05) is 0 Å². The van der Waals surface area contributed by atoms with Crippen molar-refractivity contribution in [3.8, 4) is 0 Å². The van der Waals surface area contributed by atoms with Crippen LogP contribution in [0.1, 0.15) is 24.5 Å². The summed E-state index contributed by atoms with van der Waals surface area (Å²) in [6.07, 6.45) is 0.789. The molecule has 0 N–H and O–H groups in total. The van der Waals surface area contributed by atoms with E-state index in [4.69, 9.17) is 0 Å². The van der Waals surface area contributed by atoms with Crippen molar-refractivity contribution in [3.05, 3.63) is 80.2 Å². The third-order valence-electron chi connectivity index (χ3n) is 4.08. The topological polar surface area (TPSA) is 44.0 Å². The van der Waals surface area contributed by atoms with Gasteiger partial charge in [-0.2, -0.15) is 0 Å². The molecule has 0 spiro atoms. The number of aryl methyl sites for hydroxylation is 2. The first-order valence-electron chi connectivity index (χ1n) is 7.99. The van der Waals surface area contributed by atoms with Gasteiger partial charge in [0.05, 0.1) is 17.4 Å². The summed E-state index contributed by atoms with van der Waals surface area (Å²) in [6.45, 7) is 4.58. The molecule has 0 aliphatic heterocycles. The lowest BCUT2D eigenvalue weighted by Crippen LogP contribution is -2.40. The third-order valence-corrected chi connectivity index (χ3v) is 4.08. The molecule has 0 atom stereocenters. The van der Waals surface area contributed by atoms with Crippen LogP contribution in [0.3, 0.4) is 0 Å². The van der Waals surface area contributed by atoms with Gasteiger partial charge in [-0.25, -0.2) is 9.18 Å². The molecule has 1 heterocycles. The van der Waals surface area contributed by atoms with E-state index in [2.05, 4.69) is 0 Å². The molecule has 0 aliphatic rings. The summed E-state index contributed by atoms with van der Waals surface area (Å²) in [5.41, 5.74) is 1.70. The van der Waals surface area contributed by atoms with Crippen LogP contribution in [-0.2, 0) is 13.1 Å². The number of nitrogens with zero attached hydrogens (tertiary/aromatic N) is 2. The van der Waals surface area contributed by atoms with Crippen molar-refractivity contribution < 1.29 is 4.39 Å². The Labute approximate surface area is 138 Å². The molecular formula is C19H19FN2O2. The zero-order valence-electron chi connectivity index (χ0n) is 13.8. The molecule has 2 aromatic carbocycles. The van der Waals surface area contributed by atoms with Crippen LogP contribution in [0.5, 0.6) is 0 Å². The van der Waals surface area contributed by atoms with Gasteiger partial charge in [-0.15, -0.1) is 0 Å². The summed E-state index contributed by atoms with van der Waals surface area (Å²) in [4.78, 5) is 25.6. The van der Waals surface area contributed by atoms with Gasteiger partial charge in [-0.3, -0.25) is 13.9 Å². The minimum atomic E-state index is -0.344. The monoisotopic (exact) mass is 326 g/mol. The van der Waals surface area contributed by atoms with Gasteiger partial charge in [0.2, 0.25) is 0 Å². The number of halogens is 1. The van der Waals surface area contributed by atoms with Crippen LogP contribution < -0.4 is 11.2 Å². The summed E-state index contributed by atoms with van der Waals surface area (Å²) in [6, 6.07) is 11.4. The van der Waals surface area contributed by atoms with Gasteiger partial charge in [0.1, 0.15) is 5.82 Å². The van der Waals surface area contributed by atoms with Crippen molar-refractivity contribution >= 4 is 10.9 Å². The second-order valence-electron chi connectivity index (χ2n) is 5.97. The standard InChI is InChI=1S/C19H19FN2O2/c1-3-10-21-17-9-4-13(2)11-16(17)18(23)22(19(21)24)12-14-5-7-15(20)8-6-14/h4-9,11H,3,10,12H2,1-2H3. The van der Waals surface area contributed by atoms with Gasteiger partial charge in [0, 0.05) is 6.54 Å². The number of hydrogen-bond acceptors (Lipinski definition) is 2. The van der Waals surface area contributed by atoms with E-state index in [0.717, 1.165) is 12.0 Å². The quantitative estimate of drug-likeness (QED) is 0.739. The number of benzene rings is 2. The van der Waals surface area contributed by atoms with Crippen molar-refractivity contribution in [2.24, 2.45) is 0 Å². The lowest BCUT2D eigenvalue weighted by molar-refractivity contribution is 0.591. The van der Waals surface area contributed by atoms with Crippen LogP contribution in [0.4, 0.5) is 4.39 Å².